The molecule has 0 amide bonds. The number of rotatable bonds is 9. The zero-order valence-electron chi connectivity index (χ0n) is 9.18. The van der Waals surface area contributed by atoms with Gasteiger partial charge in [0.2, 0.25) is 0 Å². The molecule has 0 saturated carbocycles. The molecule has 0 spiro atoms. The number of hydrogen-bond acceptors (Lipinski definition) is 2. The molecule has 0 unspecified atom stereocenters. The SMILES string of the molecule is C=CC(=O)OCCCCCCC[Si](Cl)(Cl)Cl. The third kappa shape index (κ3) is 12.4. The molecule has 0 heterocycles. The maximum absolute atomic E-state index is 10.7. The van der Waals surface area contributed by atoms with Crippen LogP contribution in [0, 0.1) is 0 Å². The molecule has 0 saturated heterocycles. The van der Waals surface area contributed by atoms with Gasteiger partial charge in [-0.1, -0.05) is 32.3 Å². The van der Waals surface area contributed by atoms with Gasteiger partial charge >= 0.3 is 12.0 Å². The van der Waals surface area contributed by atoms with E-state index in [-0.39, 0.29) is 5.97 Å². The van der Waals surface area contributed by atoms with Gasteiger partial charge in [-0.25, -0.2) is 4.79 Å². The number of carbonyl (C=O) groups excluding carboxylic acids is 1. The van der Waals surface area contributed by atoms with Crippen molar-refractivity contribution in [1.29, 1.82) is 0 Å². The van der Waals surface area contributed by atoms with Crippen LogP contribution >= 0.6 is 33.2 Å². The van der Waals surface area contributed by atoms with Crippen molar-refractivity contribution in [3.8, 4) is 0 Å². The van der Waals surface area contributed by atoms with E-state index in [1.807, 2.05) is 0 Å². The Balaban J connectivity index is 3.16. The number of carbonyl (C=O) groups is 1. The van der Waals surface area contributed by atoms with Gasteiger partial charge in [-0.15, -0.1) is 33.2 Å². The second-order valence-electron chi connectivity index (χ2n) is 3.50. The van der Waals surface area contributed by atoms with Gasteiger partial charge in [0.05, 0.1) is 6.61 Å². The van der Waals surface area contributed by atoms with Gasteiger partial charge in [-0.05, 0) is 12.5 Å². The minimum atomic E-state index is -2.42. The molecule has 0 radical (unpaired) electrons. The van der Waals surface area contributed by atoms with Gasteiger partial charge in [-0.2, -0.15) is 0 Å². The molecule has 0 rings (SSSR count). The molecule has 94 valence electrons. The van der Waals surface area contributed by atoms with E-state index in [9.17, 15) is 4.79 Å². The molecule has 0 atom stereocenters. The van der Waals surface area contributed by atoms with Gasteiger partial charge in [0.1, 0.15) is 0 Å². The minimum Gasteiger partial charge on any atom is -0.463 e. The highest BCUT2D eigenvalue weighted by Crippen LogP contribution is 2.27. The Morgan fingerprint density at radius 2 is 1.69 bits per heavy atom. The average molecular weight is 304 g/mol. The lowest BCUT2D eigenvalue weighted by Crippen LogP contribution is -2.07. The molecular weight excluding hydrogens is 287 g/mol. The van der Waals surface area contributed by atoms with Crippen LogP contribution in [-0.4, -0.2) is 18.6 Å². The first kappa shape index (κ1) is 16.3. The van der Waals surface area contributed by atoms with Gasteiger partial charge in [-0.3, -0.25) is 0 Å². The van der Waals surface area contributed by atoms with Crippen LogP contribution in [0.5, 0.6) is 0 Å². The van der Waals surface area contributed by atoms with Gasteiger partial charge < -0.3 is 4.74 Å². The normalized spacial score (nSPS) is 11.2. The molecule has 0 N–H and O–H groups in total. The van der Waals surface area contributed by atoms with Crippen molar-refractivity contribution in [3.63, 3.8) is 0 Å². The van der Waals surface area contributed by atoms with E-state index in [2.05, 4.69) is 6.58 Å². The van der Waals surface area contributed by atoms with E-state index in [0.717, 1.165) is 38.1 Å². The van der Waals surface area contributed by atoms with E-state index in [1.165, 1.54) is 6.08 Å². The molecule has 16 heavy (non-hydrogen) atoms. The van der Waals surface area contributed by atoms with Crippen LogP contribution in [0.15, 0.2) is 12.7 Å². The van der Waals surface area contributed by atoms with Crippen molar-refractivity contribution in [2.75, 3.05) is 6.61 Å². The molecule has 0 fully saturated rings. The molecule has 0 aromatic rings. The Morgan fingerprint density at radius 1 is 1.12 bits per heavy atom. The van der Waals surface area contributed by atoms with Crippen LogP contribution < -0.4 is 0 Å². The molecule has 0 aliphatic rings. The topological polar surface area (TPSA) is 26.3 Å². The first-order valence-corrected chi connectivity index (χ1v) is 10.6. The summed E-state index contributed by atoms with van der Waals surface area (Å²) >= 11 is 17.2. The zero-order valence-corrected chi connectivity index (χ0v) is 12.5. The Morgan fingerprint density at radius 3 is 2.25 bits per heavy atom. The molecule has 0 aliphatic heterocycles. The summed E-state index contributed by atoms with van der Waals surface area (Å²) in [5.74, 6) is -0.359. The van der Waals surface area contributed by atoms with Gasteiger partial charge in [0, 0.05) is 6.08 Å². The predicted octanol–water partition coefficient (Wildman–Crippen LogP) is 4.32. The highest BCUT2D eigenvalue weighted by atomic mass is 35.8. The second-order valence-corrected chi connectivity index (χ2v) is 12.8. The lowest BCUT2D eigenvalue weighted by Gasteiger charge is -2.06. The summed E-state index contributed by atoms with van der Waals surface area (Å²) in [4.78, 5) is 10.7. The summed E-state index contributed by atoms with van der Waals surface area (Å²) in [5.41, 5.74) is 0. The minimum absolute atomic E-state index is 0.359. The first-order valence-electron chi connectivity index (χ1n) is 5.31. The highest BCUT2D eigenvalue weighted by molar-refractivity contribution is 7.64. The summed E-state index contributed by atoms with van der Waals surface area (Å²) in [6, 6.07) is -1.69. The molecule has 0 bridgehead atoms. The van der Waals surface area contributed by atoms with E-state index in [1.54, 1.807) is 0 Å². The Bertz CT molecular complexity index is 217. The number of ether oxygens (including phenoxy) is 1. The zero-order chi connectivity index (χ0) is 12.4. The lowest BCUT2D eigenvalue weighted by atomic mass is 10.2. The Labute approximate surface area is 112 Å². The third-order valence-electron chi connectivity index (χ3n) is 2.02. The monoisotopic (exact) mass is 302 g/mol. The van der Waals surface area contributed by atoms with E-state index >= 15 is 0 Å². The summed E-state index contributed by atoms with van der Waals surface area (Å²) in [6.45, 7) is 3.78. The van der Waals surface area contributed by atoms with Crippen LogP contribution in [0.1, 0.15) is 32.1 Å². The highest BCUT2D eigenvalue weighted by Gasteiger charge is 2.23. The number of esters is 1. The van der Waals surface area contributed by atoms with Gasteiger partial charge in [0.25, 0.3) is 0 Å². The summed E-state index contributed by atoms with van der Waals surface area (Å²) in [5, 5.41) is 0. The summed E-state index contributed by atoms with van der Waals surface area (Å²) in [7, 11) is 0. The van der Waals surface area contributed by atoms with Gasteiger partial charge in [0.15, 0.2) is 0 Å². The van der Waals surface area contributed by atoms with Crippen molar-refractivity contribution in [1.82, 2.24) is 0 Å². The summed E-state index contributed by atoms with van der Waals surface area (Å²) < 4.78 is 4.84. The average Bonchev–Trinajstić information content (AvgIpc) is 2.20. The molecular formula is C10H17Cl3O2Si. The lowest BCUT2D eigenvalue weighted by molar-refractivity contribution is -0.137. The van der Waals surface area contributed by atoms with Crippen LogP contribution in [0.4, 0.5) is 0 Å². The predicted molar refractivity (Wildman–Crippen MR) is 72.4 cm³/mol. The second kappa shape index (κ2) is 9.34. The molecule has 6 heteroatoms. The van der Waals surface area contributed by atoms with E-state index < -0.39 is 6.00 Å². The number of hydrogen-bond donors (Lipinski definition) is 0. The summed E-state index contributed by atoms with van der Waals surface area (Å²) in [6.07, 6.45) is 6.20. The fourth-order valence-electron chi connectivity index (χ4n) is 1.19. The molecule has 2 nitrogen and oxygen atoms in total. The number of unbranched alkanes of at least 4 members (excludes halogenated alkanes) is 4. The van der Waals surface area contributed by atoms with E-state index in [0.29, 0.717) is 6.61 Å². The molecule has 0 aromatic heterocycles. The van der Waals surface area contributed by atoms with Crippen LogP contribution in [0.3, 0.4) is 0 Å². The number of halogens is 3. The molecule has 0 aromatic carbocycles. The van der Waals surface area contributed by atoms with Crippen LogP contribution in [-0.2, 0) is 9.53 Å². The van der Waals surface area contributed by atoms with Crippen molar-refractivity contribution in [2.45, 2.75) is 38.1 Å². The molecule has 0 aliphatic carbocycles. The Hall–Kier alpha value is 0.297. The maximum atomic E-state index is 10.7. The van der Waals surface area contributed by atoms with Crippen molar-refractivity contribution < 1.29 is 9.53 Å². The van der Waals surface area contributed by atoms with Crippen molar-refractivity contribution >= 4 is 45.2 Å². The first-order chi connectivity index (χ1) is 7.45. The van der Waals surface area contributed by atoms with E-state index in [4.69, 9.17) is 38.0 Å². The van der Waals surface area contributed by atoms with Crippen LogP contribution in [0.2, 0.25) is 6.04 Å². The quantitative estimate of drug-likeness (QED) is 0.208. The fourth-order valence-corrected chi connectivity index (χ4v) is 3.04. The largest absolute Gasteiger partial charge is 0.463 e. The van der Waals surface area contributed by atoms with Crippen LogP contribution in [0.25, 0.3) is 0 Å². The Kier molecular flexibility index (Phi) is 9.51. The van der Waals surface area contributed by atoms with Crippen molar-refractivity contribution in [2.24, 2.45) is 0 Å². The third-order valence-corrected chi connectivity index (χ3v) is 4.64. The standard InChI is InChI=1S/C10H17Cl3O2Si/c1-2-10(14)15-8-6-4-3-5-7-9-16(11,12)13/h2H,1,3-9H2. The maximum Gasteiger partial charge on any atom is 0.341 e. The fraction of sp³-hybridized carbons (Fsp3) is 0.700. The van der Waals surface area contributed by atoms with Crippen molar-refractivity contribution in [3.05, 3.63) is 12.7 Å². The smallest absolute Gasteiger partial charge is 0.341 e.